The van der Waals surface area contributed by atoms with Crippen LogP contribution in [0.1, 0.15) is 26.5 Å². The monoisotopic (exact) mass is 485 g/mol. The molecule has 2 aromatic rings. The first-order chi connectivity index (χ1) is 14.0. The number of aromatic nitrogens is 2. The number of rotatable bonds is 4. The summed E-state index contributed by atoms with van der Waals surface area (Å²) in [4.78, 5) is 36.8. The number of sulfonamides is 1. The second-order valence-corrected chi connectivity index (χ2v) is 9.42. The van der Waals surface area contributed by atoms with Crippen LogP contribution in [0.4, 0.5) is 23.2 Å². The molecule has 0 radical (unpaired) electrons. The molecule has 1 aromatic carbocycles. The highest BCUT2D eigenvalue weighted by atomic mass is 35.5. The number of benzene rings is 1. The maximum atomic E-state index is 14.6. The van der Waals surface area contributed by atoms with Crippen LogP contribution in [0.3, 0.4) is 0 Å². The van der Waals surface area contributed by atoms with Gasteiger partial charge in [0.05, 0.1) is 21.6 Å². The van der Waals surface area contributed by atoms with Crippen molar-refractivity contribution in [1.29, 1.82) is 0 Å². The zero-order valence-corrected chi connectivity index (χ0v) is 18.1. The van der Waals surface area contributed by atoms with Crippen molar-refractivity contribution in [3.8, 4) is 5.69 Å². The van der Waals surface area contributed by atoms with Crippen LogP contribution in [-0.4, -0.2) is 28.7 Å². The van der Waals surface area contributed by atoms with Crippen LogP contribution < -0.4 is 15.6 Å². The fraction of sp³-hybridized carbons (Fsp3) is 0.353. The van der Waals surface area contributed by atoms with E-state index in [2.05, 4.69) is 0 Å². The lowest BCUT2D eigenvalue weighted by atomic mass is 10.2. The molecule has 8 nitrogen and oxygen atoms in total. The summed E-state index contributed by atoms with van der Waals surface area (Å²) in [6.45, 7) is 3.42. The predicted octanol–water partition coefficient (Wildman–Crippen LogP) is 2.44. The minimum atomic E-state index is -5.04. The van der Waals surface area contributed by atoms with Gasteiger partial charge in [-0.3, -0.25) is 14.2 Å². The van der Waals surface area contributed by atoms with Gasteiger partial charge >= 0.3 is 11.9 Å². The first-order valence-corrected chi connectivity index (χ1v) is 10.3. The first-order valence-electron chi connectivity index (χ1n) is 8.46. The van der Waals surface area contributed by atoms with Crippen LogP contribution in [0, 0.1) is 5.82 Å². The number of anilines is 1. The number of carbonyl (C=O) groups is 1. The van der Waals surface area contributed by atoms with Gasteiger partial charge in [0.25, 0.3) is 5.56 Å². The van der Waals surface area contributed by atoms with Crippen molar-refractivity contribution in [3.63, 3.8) is 0 Å². The maximum absolute atomic E-state index is 14.6. The summed E-state index contributed by atoms with van der Waals surface area (Å²) in [5, 5.41) is -1.65. The van der Waals surface area contributed by atoms with Gasteiger partial charge in [-0.05, 0) is 26.0 Å². The lowest BCUT2D eigenvalue weighted by Gasteiger charge is -2.25. The highest BCUT2D eigenvalue weighted by Gasteiger charge is 2.36. The number of carbonyl (C=O) groups excluding carboxylic acids is 1. The third-order valence-electron chi connectivity index (χ3n) is 4.22. The van der Waals surface area contributed by atoms with Gasteiger partial charge in [0.15, 0.2) is 0 Å². The second kappa shape index (κ2) is 8.11. The molecule has 0 saturated heterocycles. The predicted molar refractivity (Wildman–Crippen MR) is 104 cm³/mol. The van der Waals surface area contributed by atoms with Crippen LogP contribution in [0.2, 0.25) is 5.02 Å². The number of hydrogen-bond donors (Lipinski definition) is 0. The molecule has 0 aliphatic heterocycles. The van der Waals surface area contributed by atoms with Crippen LogP contribution in [-0.2, 0) is 28.0 Å². The van der Waals surface area contributed by atoms with E-state index in [4.69, 9.17) is 11.6 Å². The van der Waals surface area contributed by atoms with E-state index in [1.165, 1.54) is 13.8 Å². The average molecular weight is 486 g/mol. The molecule has 0 aliphatic carbocycles. The second-order valence-electron chi connectivity index (χ2n) is 6.67. The Kier molecular flexibility index (Phi) is 6.44. The molecule has 1 aromatic heterocycles. The standard InChI is InChI=1S/C17H16ClF4N3O5S/c1-8(2)31(29,30)25(9(3)26)12-6-13(11(19)5-10(12)18)24-15(27)7-14(17(20,21)22)23(4)16(24)28/h5-8H,1-4H3. The van der Waals surface area contributed by atoms with Crippen molar-refractivity contribution in [2.75, 3.05) is 4.31 Å². The summed E-state index contributed by atoms with van der Waals surface area (Å²) in [5.41, 5.74) is -6.10. The first kappa shape index (κ1) is 24.6. The Labute approximate surface area is 178 Å². The lowest BCUT2D eigenvalue weighted by molar-refractivity contribution is -0.144. The Balaban J connectivity index is 2.92. The number of amides is 1. The molecule has 31 heavy (non-hydrogen) atoms. The van der Waals surface area contributed by atoms with E-state index in [-0.39, 0.29) is 19.5 Å². The molecule has 0 aliphatic rings. The van der Waals surface area contributed by atoms with Gasteiger partial charge in [-0.15, -0.1) is 0 Å². The molecule has 0 bridgehead atoms. The number of hydrogen-bond acceptors (Lipinski definition) is 5. The van der Waals surface area contributed by atoms with Crippen LogP contribution >= 0.6 is 11.6 Å². The van der Waals surface area contributed by atoms with Gasteiger partial charge in [0, 0.05) is 20.0 Å². The van der Waals surface area contributed by atoms with Gasteiger partial charge in [-0.2, -0.15) is 13.2 Å². The Bertz CT molecular complexity index is 1280. The van der Waals surface area contributed by atoms with E-state index in [0.717, 1.165) is 14.0 Å². The Hall–Kier alpha value is -2.67. The van der Waals surface area contributed by atoms with Crippen LogP contribution in [0.25, 0.3) is 5.69 Å². The van der Waals surface area contributed by atoms with Gasteiger partial charge in [0.2, 0.25) is 15.9 Å². The Morgan fingerprint density at radius 3 is 2.16 bits per heavy atom. The van der Waals surface area contributed by atoms with Crippen molar-refractivity contribution >= 4 is 33.2 Å². The van der Waals surface area contributed by atoms with E-state index in [9.17, 15) is 40.4 Å². The molecule has 2 rings (SSSR count). The zero-order chi connectivity index (χ0) is 24.0. The van der Waals surface area contributed by atoms with Gasteiger partial charge in [0.1, 0.15) is 11.5 Å². The van der Waals surface area contributed by atoms with E-state index in [1.54, 1.807) is 0 Å². The summed E-state index contributed by atoms with van der Waals surface area (Å²) >= 11 is 5.92. The minimum Gasteiger partial charge on any atom is -0.292 e. The number of nitrogens with zero attached hydrogens (tertiary/aromatic N) is 3. The molecule has 0 spiro atoms. The van der Waals surface area contributed by atoms with Crippen molar-refractivity contribution in [2.24, 2.45) is 7.05 Å². The third-order valence-corrected chi connectivity index (χ3v) is 6.68. The van der Waals surface area contributed by atoms with Crippen LogP contribution in [0.15, 0.2) is 27.8 Å². The SMILES string of the molecule is CC(=O)N(c1cc(-n2c(=O)cc(C(F)(F)F)n(C)c2=O)c(F)cc1Cl)S(=O)(=O)C(C)C. The van der Waals surface area contributed by atoms with E-state index >= 15 is 0 Å². The molecule has 170 valence electrons. The number of halogens is 5. The van der Waals surface area contributed by atoms with Gasteiger partial charge in [-0.25, -0.2) is 26.5 Å². The van der Waals surface area contributed by atoms with Crippen molar-refractivity contribution in [3.05, 3.63) is 55.6 Å². The summed E-state index contributed by atoms with van der Waals surface area (Å²) in [5.74, 6) is -2.33. The number of alkyl halides is 3. The fourth-order valence-corrected chi connectivity index (χ4v) is 4.16. The smallest absolute Gasteiger partial charge is 0.292 e. The topological polar surface area (TPSA) is 98.4 Å². The van der Waals surface area contributed by atoms with Crippen molar-refractivity contribution < 1.29 is 30.8 Å². The summed E-state index contributed by atoms with van der Waals surface area (Å²) in [6.07, 6.45) is -5.04. The molecule has 0 N–H and O–H groups in total. The third kappa shape index (κ3) is 4.37. The molecule has 0 unspecified atom stereocenters. The molecule has 0 atom stereocenters. The summed E-state index contributed by atoms with van der Waals surface area (Å²) in [7, 11) is -3.60. The van der Waals surface area contributed by atoms with E-state index in [0.29, 0.717) is 12.1 Å². The highest BCUT2D eigenvalue weighted by Crippen LogP contribution is 2.33. The largest absolute Gasteiger partial charge is 0.431 e. The molecule has 14 heteroatoms. The molecule has 0 fully saturated rings. The minimum absolute atomic E-state index is 0.0741. The normalized spacial score (nSPS) is 12.3. The lowest BCUT2D eigenvalue weighted by Crippen LogP contribution is -2.42. The molecule has 0 saturated carbocycles. The zero-order valence-electron chi connectivity index (χ0n) is 16.5. The summed E-state index contributed by atoms with van der Waals surface area (Å²) in [6, 6.07) is 1.26. The quantitative estimate of drug-likeness (QED) is 0.619. The van der Waals surface area contributed by atoms with E-state index < -0.39 is 66.5 Å². The van der Waals surface area contributed by atoms with Gasteiger partial charge < -0.3 is 0 Å². The van der Waals surface area contributed by atoms with E-state index in [1.807, 2.05) is 0 Å². The molecular weight excluding hydrogens is 470 g/mol. The molecular formula is C17H16ClF4N3O5S. The van der Waals surface area contributed by atoms with Crippen molar-refractivity contribution in [2.45, 2.75) is 32.2 Å². The Morgan fingerprint density at radius 2 is 1.71 bits per heavy atom. The molecule has 1 amide bonds. The van der Waals surface area contributed by atoms with Crippen molar-refractivity contribution in [1.82, 2.24) is 9.13 Å². The summed E-state index contributed by atoms with van der Waals surface area (Å²) < 4.78 is 79.3. The Morgan fingerprint density at radius 1 is 1.16 bits per heavy atom. The van der Waals surface area contributed by atoms with Crippen LogP contribution in [0.5, 0.6) is 0 Å². The maximum Gasteiger partial charge on any atom is 0.431 e. The molecule has 1 heterocycles. The fourth-order valence-electron chi connectivity index (χ4n) is 2.67. The van der Waals surface area contributed by atoms with Gasteiger partial charge in [-0.1, -0.05) is 11.6 Å². The average Bonchev–Trinajstić information content (AvgIpc) is 2.60. The highest BCUT2D eigenvalue weighted by molar-refractivity contribution is 7.94.